The second kappa shape index (κ2) is 4.52. The quantitative estimate of drug-likeness (QED) is 0.782. The summed E-state index contributed by atoms with van der Waals surface area (Å²) in [5.41, 5.74) is 8.52. The van der Waals surface area contributed by atoms with Crippen molar-refractivity contribution in [1.82, 2.24) is 0 Å². The zero-order chi connectivity index (χ0) is 11.7. The van der Waals surface area contributed by atoms with Crippen molar-refractivity contribution in [2.24, 2.45) is 0 Å². The van der Waals surface area contributed by atoms with Crippen molar-refractivity contribution in [3.05, 3.63) is 22.7 Å². The highest BCUT2D eigenvalue weighted by Gasteiger charge is 2.24. The van der Waals surface area contributed by atoms with Crippen LogP contribution in [0.4, 0.5) is 11.4 Å². The number of nitrogens with one attached hydrogen (secondary N) is 1. The van der Waals surface area contributed by atoms with Gasteiger partial charge in [-0.2, -0.15) is 0 Å². The van der Waals surface area contributed by atoms with Gasteiger partial charge in [0, 0.05) is 12.3 Å². The maximum Gasteiger partial charge on any atom is 0.0748 e. The van der Waals surface area contributed by atoms with Gasteiger partial charge in [-0.3, -0.25) is 0 Å². The van der Waals surface area contributed by atoms with Crippen molar-refractivity contribution in [3.8, 4) is 0 Å². The summed E-state index contributed by atoms with van der Waals surface area (Å²) in [4.78, 5) is 0. The number of hydrogen-bond acceptors (Lipinski definition) is 3. The Morgan fingerprint density at radius 2 is 2.25 bits per heavy atom. The van der Waals surface area contributed by atoms with Crippen LogP contribution in [0.2, 0.25) is 5.02 Å². The number of nitrogen functional groups attached to an aromatic ring is 1. The van der Waals surface area contributed by atoms with Crippen LogP contribution in [-0.4, -0.2) is 18.8 Å². The van der Waals surface area contributed by atoms with Gasteiger partial charge in [0.15, 0.2) is 0 Å². The molecule has 1 aliphatic rings. The molecule has 2 unspecified atom stereocenters. The lowest BCUT2D eigenvalue weighted by Crippen LogP contribution is -2.27. The molecule has 16 heavy (non-hydrogen) atoms. The van der Waals surface area contributed by atoms with E-state index in [9.17, 15) is 0 Å². The summed E-state index contributed by atoms with van der Waals surface area (Å²) in [7, 11) is 0. The molecule has 0 aromatic heterocycles. The first-order valence-corrected chi connectivity index (χ1v) is 5.89. The molecule has 2 atom stereocenters. The van der Waals surface area contributed by atoms with Gasteiger partial charge in [-0.05, 0) is 38.0 Å². The van der Waals surface area contributed by atoms with Crippen molar-refractivity contribution >= 4 is 23.0 Å². The molecule has 0 saturated carbocycles. The van der Waals surface area contributed by atoms with Crippen LogP contribution in [-0.2, 0) is 4.74 Å². The molecule has 88 valence electrons. The van der Waals surface area contributed by atoms with E-state index in [-0.39, 0.29) is 6.10 Å². The molecule has 1 heterocycles. The molecule has 3 N–H and O–H groups in total. The minimum atomic E-state index is 0.246. The standard InChI is InChI=1S/C12H17ClN2O/c1-7-5-10(14)9(13)6-12(7)15-11-3-4-16-8(11)2/h5-6,8,11,15H,3-4,14H2,1-2H3. The smallest absolute Gasteiger partial charge is 0.0748 e. The summed E-state index contributed by atoms with van der Waals surface area (Å²) in [5.74, 6) is 0. The largest absolute Gasteiger partial charge is 0.398 e. The first kappa shape index (κ1) is 11.6. The van der Waals surface area contributed by atoms with E-state index in [1.54, 1.807) is 0 Å². The molecule has 0 bridgehead atoms. The average molecular weight is 241 g/mol. The van der Waals surface area contributed by atoms with Crippen LogP contribution in [0.1, 0.15) is 18.9 Å². The van der Waals surface area contributed by atoms with Gasteiger partial charge >= 0.3 is 0 Å². The lowest BCUT2D eigenvalue weighted by atomic mass is 10.1. The molecule has 2 rings (SSSR count). The van der Waals surface area contributed by atoms with Crippen LogP contribution in [0.25, 0.3) is 0 Å². The second-order valence-electron chi connectivity index (χ2n) is 4.30. The second-order valence-corrected chi connectivity index (χ2v) is 4.71. The van der Waals surface area contributed by atoms with Gasteiger partial charge < -0.3 is 15.8 Å². The van der Waals surface area contributed by atoms with Gasteiger partial charge in [0.05, 0.1) is 22.9 Å². The molecule has 1 fully saturated rings. The maximum atomic E-state index is 6.01. The lowest BCUT2D eigenvalue weighted by Gasteiger charge is -2.19. The molecule has 3 nitrogen and oxygen atoms in total. The first-order chi connectivity index (χ1) is 7.58. The molecule has 1 aliphatic heterocycles. The van der Waals surface area contributed by atoms with E-state index in [0.717, 1.165) is 24.3 Å². The fraction of sp³-hybridized carbons (Fsp3) is 0.500. The molecule has 1 saturated heterocycles. The van der Waals surface area contributed by atoms with E-state index >= 15 is 0 Å². The summed E-state index contributed by atoms with van der Waals surface area (Å²) in [5, 5.41) is 4.06. The third-order valence-corrected chi connectivity index (χ3v) is 3.39. The van der Waals surface area contributed by atoms with E-state index in [0.29, 0.717) is 16.8 Å². The SMILES string of the molecule is Cc1cc(N)c(Cl)cc1NC1CCOC1C. The average Bonchev–Trinajstić information content (AvgIpc) is 2.61. The van der Waals surface area contributed by atoms with Crippen molar-refractivity contribution in [2.75, 3.05) is 17.7 Å². The van der Waals surface area contributed by atoms with E-state index in [1.165, 1.54) is 0 Å². The number of anilines is 2. The molecule has 0 aliphatic carbocycles. The normalized spacial score (nSPS) is 24.7. The Morgan fingerprint density at radius 3 is 2.88 bits per heavy atom. The van der Waals surface area contributed by atoms with Crippen molar-refractivity contribution in [3.63, 3.8) is 0 Å². The third kappa shape index (κ3) is 2.25. The molecule has 1 aromatic rings. The predicted molar refractivity (Wildman–Crippen MR) is 68.0 cm³/mol. The first-order valence-electron chi connectivity index (χ1n) is 5.51. The van der Waals surface area contributed by atoms with Crippen LogP contribution in [0.15, 0.2) is 12.1 Å². The van der Waals surface area contributed by atoms with Crippen LogP contribution in [0, 0.1) is 6.92 Å². The van der Waals surface area contributed by atoms with Gasteiger partial charge in [-0.1, -0.05) is 11.6 Å². The topological polar surface area (TPSA) is 47.3 Å². The predicted octanol–water partition coefficient (Wildman–Crippen LogP) is 2.82. The van der Waals surface area contributed by atoms with E-state index in [1.807, 2.05) is 19.1 Å². The van der Waals surface area contributed by atoms with Gasteiger partial charge in [0.25, 0.3) is 0 Å². The molecule has 1 aromatic carbocycles. The van der Waals surface area contributed by atoms with E-state index < -0.39 is 0 Å². The summed E-state index contributed by atoms with van der Waals surface area (Å²) in [6.07, 6.45) is 1.28. The Balaban J connectivity index is 2.18. The number of rotatable bonds is 2. The Labute approximate surface area is 101 Å². The van der Waals surface area contributed by atoms with Gasteiger partial charge in [0.2, 0.25) is 0 Å². The maximum absolute atomic E-state index is 6.01. The van der Waals surface area contributed by atoms with E-state index in [2.05, 4.69) is 12.2 Å². The third-order valence-electron chi connectivity index (χ3n) is 3.06. The minimum Gasteiger partial charge on any atom is -0.398 e. The number of aryl methyl sites for hydroxylation is 1. The fourth-order valence-electron chi connectivity index (χ4n) is 1.98. The molecule has 0 amide bonds. The summed E-state index contributed by atoms with van der Waals surface area (Å²) < 4.78 is 5.51. The lowest BCUT2D eigenvalue weighted by molar-refractivity contribution is 0.121. The zero-order valence-corrected chi connectivity index (χ0v) is 10.3. The van der Waals surface area contributed by atoms with E-state index in [4.69, 9.17) is 22.1 Å². The van der Waals surface area contributed by atoms with Gasteiger partial charge in [-0.25, -0.2) is 0 Å². The minimum absolute atomic E-state index is 0.246. The van der Waals surface area contributed by atoms with Crippen LogP contribution in [0.3, 0.4) is 0 Å². The van der Waals surface area contributed by atoms with Crippen molar-refractivity contribution in [2.45, 2.75) is 32.4 Å². The number of hydrogen-bond donors (Lipinski definition) is 2. The molecular formula is C12H17ClN2O. The molecule has 4 heteroatoms. The van der Waals surface area contributed by atoms with Crippen molar-refractivity contribution in [1.29, 1.82) is 0 Å². The van der Waals surface area contributed by atoms with Crippen molar-refractivity contribution < 1.29 is 4.74 Å². The summed E-state index contributed by atoms with van der Waals surface area (Å²) in [6.45, 7) is 4.93. The highest BCUT2D eigenvalue weighted by Crippen LogP contribution is 2.28. The highest BCUT2D eigenvalue weighted by molar-refractivity contribution is 6.33. The summed E-state index contributed by atoms with van der Waals surface area (Å²) in [6, 6.07) is 4.14. The number of halogens is 1. The Kier molecular flexibility index (Phi) is 3.26. The Bertz CT molecular complexity index is 395. The van der Waals surface area contributed by atoms with Gasteiger partial charge in [-0.15, -0.1) is 0 Å². The number of benzene rings is 1. The number of nitrogens with two attached hydrogens (primary N) is 1. The van der Waals surface area contributed by atoms with Crippen LogP contribution >= 0.6 is 11.6 Å². The Hall–Kier alpha value is -0.930. The monoisotopic (exact) mass is 240 g/mol. The molecule has 0 spiro atoms. The zero-order valence-electron chi connectivity index (χ0n) is 9.59. The van der Waals surface area contributed by atoms with Crippen LogP contribution < -0.4 is 11.1 Å². The van der Waals surface area contributed by atoms with Crippen LogP contribution in [0.5, 0.6) is 0 Å². The fourth-order valence-corrected chi connectivity index (χ4v) is 2.14. The molecule has 0 radical (unpaired) electrons. The van der Waals surface area contributed by atoms with Gasteiger partial charge in [0.1, 0.15) is 0 Å². The number of ether oxygens (including phenoxy) is 1. The molecular weight excluding hydrogens is 224 g/mol. The highest BCUT2D eigenvalue weighted by atomic mass is 35.5. The Morgan fingerprint density at radius 1 is 1.50 bits per heavy atom. The summed E-state index contributed by atoms with van der Waals surface area (Å²) >= 11 is 6.01.